The Morgan fingerprint density at radius 2 is 1.89 bits per heavy atom. The minimum atomic E-state index is -3.82. The summed E-state index contributed by atoms with van der Waals surface area (Å²) in [7, 11) is -3.82. The molecule has 1 aromatic heterocycles. The number of carbonyl (C=O) groups excluding carboxylic acids is 3. The highest BCUT2D eigenvalue weighted by Gasteiger charge is 2.62. The summed E-state index contributed by atoms with van der Waals surface area (Å²) < 4.78 is 39.9. The number of aromatic nitrogens is 1. The largest absolute Gasteiger partial charge is 0.492 e. The molecule has 2 saturated carbocycles. The highest BCUT2D eigenvalue weighted by molar-refractivity contribution is 7.91. The molecule has 11 nitrogen and oxygen atoms in total. The number of sulfonamides is 1. The molecule has 2 aliphatic heterocycles. The summed E-state index contributed by atoms with van der Waals surface area (Å²) >= 11 is 0. The summed E-state index contributed by atoms with van der Waals surface area (Å²) in [5.74, 6) is -0.0859. The first-order valence-electron chi connectivity index (χ1n) is 17.1. The van der Waals surface area contributed by atoms with Gasteiger partial charge in [-0.15, -0.1) is 0 Å². The standard InChI is InChI=1S/C35H46N4O7S/c1-4-23-16-22(3)10-6-7-11-24-19-35(24,34(42)38-47(43,44)26-14-15-26)37-32(41)29-18-25(21-39(29)31(40)17-23)46-33-28-13-9-8-12-27(28)30(20-36-33)45-5-2/h7-9,11-13,20,22-26,29H,4-6,10,14-19,21H2,1-3H3,(H,37,41)(H,38,42)/b11-7-/t22-,23+,24-,25+,29-,35+/m0/s1. The first kappa shape index (κ1) is 33.2. The van der Waals surface area contributed by atoms with E-state index in [4.69, 9.17) is 9.47 Å². The Labute approximate surface area is 276 Å². The lowest BCUT2D eigenvalue weighted by Crippen LogP contribution is -2.56. The molecule has 1 saturated heterocycles. The fourth-order valence-corrected chi connectivity index (χ4v) is 8.49. The van der Waals surface area contributed by atoms with Crippen molar-refractivity contribution in [3.8, 4) is 11.6 Å². The Balaban J connectivity index is 1.29. The molecular weight excluding hydrogens is 620 g/mol. The molecule has 3 fully saturated rings. The SMILES string of the molecule is CCOc1cnc(O[C@@H]2C[C@H]3C(=O)N[C@]4(C(=O)NS(=O)(=O)C5CC5)C[C@@H]4/C=C\CC[C@H](C)C[C@@H](CC)CC(=O)N3C2)c2ccccc12. The Bertz CT molecular complexity index is 1660. The Morgan fingerprint density at radius 1 is 1.13 bits per heavy atom. The van der Waals surface area contributed by atoms with Crippen LogP contribution in [0.3, 0.4) is 0 Å². The van der Waals surface area contributed by atoms with Gasteiger partial charge in [-0.25, -0.2) is 13.4 Å². The first-order chi connectivity index (χ1) is 22.5. The average Bonchev–Trinajstić information content (AvgIpc) is 3.97. The number of fused-ring (bicyclic) bond motifs is 3. The van der Waals surface area contributed by atoms with Crippen molar-refractivity contribution in [1.29, 1.82) is 0 Å². The maximum atomic E-state index is 14.1. The highest BCUT2D eigenvalue weighted by atomic mass is 32.2. The van der Waals surface area contributed by atoms with E-state index in [0.29, 0.717) is 43.4 Å². The molecule has 2 aliphatic carbocycles. The zero-order valence-corrected chi connectivity index (χ0v) is 28.3. The van der Waals surface area contributed by atoms with Gasteiger partial charge in [0.15, 0.2) is 0 Å². The molecule has 12 heteroatoms. The molecule has 254 valence electrons. The number of benzene rings is 1. The van der Waals surface area contributed by atoms with E-state index in [1.807, 2.05) is 43.3 Å². The second kappa shape index (κ2) is 13.4. The summed E-state index contributed by atoms with van der Waals surface area (Å²) in [4.78, 5) is 47.8. The van der Waals surface area contributed by atoms with Crippen molar-refractivity contribution in [3.05, 3.63) is 42.6 Å². The van der Waals surface area contributed by atoms with Gasteiger partial charge in [-0.05, 0) is 63.4 Å². The molecule has 2 N–H and O–H groups in total. The summed E-state index contributed by atoms with van der Waals surface area (Å²) in [6.07, 6.45) is 10.4. The van der Waals surface area contributed by atoms with Crippen LogP contribution in [-0.4, -0.2) is 72.1 Å². The van der Waals surface area contributed by atoms with Crippen LogP contribution in [0.1, 0.15) is 78.6 Å². The van der Waals surface area contributed by atoms with Crippen LogP contribution in [0.5, 0.6) is 11.6 Å². The first-order valence-corrected chi connectivity index (χ1v) is 18.6. The highest BCUT2D eigenvalue weighted by Crippen LogP contribution is 2.46. The number of carbonyl (C=O) groups is 3. The van der Waals surface area contributed by atoms with Crippen molar-refractivity contribution in [2.45, 2.75) is 101 Å². The van der Waals surface area contributed by atoms with E-state index in [2.05, 4.69) is 28.9 Å². The van der Waals surface area contributed by atoms with E-state index in [0.717, 1.165) is 36.5 Å². The minimum absolute atomic E-state index is 0.130. The van der Waals surface area contributed by atoms with E-state index < -0.39 is 44.8 Å². The van der Waals surface area contributed by atoms with Crippen LogP contribution in [0, 0.1) is 17.8 Å². The molecule has 1 aromatic carbocycles. The van der Waals surface area contributed by atoms with Gasteiger partial charge in [-0.3, -0.25) is 19.1 Å². The van der Waals surface area contributed by atoms with Gasteiger partial charge in [-0.2, -0.15) is 0 Å². The molecular formula is C35H46N4O7S. The van der Waals surface area contributed by atoms with Crippen LogP contribution in [0.25, 0.3) is 10.8 Å². The number of amides is 3. The smallest absolute Gasteiger partial charge is 0.259 e. The van der Waals surface area contributed by atoms with Crippen LogP contribution in [0.15, 0.2) is 42.6 Å². The summed E-state index contributed by atoms with van der Waals surface area (Å²) in [5.41, 5.74) is -1.40. The zero-order valence-electron chi connectivity index (χ0n) is 27.4. The van der Waals surface area contributed by atoms with Gasteiger partial charge in [0.05, 0.1) is 24.6 Å². The van der Waals surface area contributed by atoms with E-state index in [9.17, 15) is 22.8 Å². The molecule has 0 spiro atoms. The molecule has 6 rings (SSSR count). The van der Waals surface area contributed by atoms with E-state index >= 15 is 0 Å². The number of pyridine rings is 1. The van der Waals surface area contributed by atoms with E-state index in [-0.39, 0.29) is 37.1 Å². The quantitative estimate of drug-likeness (QED) is 0.398. The number of nitrogens with zero attached hydrogens (tertiary/aromatic N) is 2. The predicted octanol–water partition coefficient (Wildman–Crippen LogP) is 4.26. The summed E-state index contributed by atoms with van der Waals surface area (Å²) in [6.45, 7) is 6.86. The van der Waals surface area contributed by atoms with Crippen molar-refractivity contribution in [3.63, 3.8) is 0 Å². The fraction of sp³-hybridized carbons (Fsp3) is 0.600. The number of allylic oxidation sites excluding steroid dienone is 1. The molecule has 0 bridgehead atoms. The average molecular weight is 667 g/mol. The van der Waals surface area contributed by atoms with Gasteiger partial charge in [0.2, 0.25) is 27.7 Å². The normalized spacial score (nSPS) is 30.7. The maximum Gasteiger partial charge on any atom is 0.259 e. The second-order valence-electron chi connectivity index (χ2n) is 13.7. The van der Waals surface area contributed by atoms with Crippen molar-refractivity contribution in [2.75, 3.05) is 13.2 Å². The molecule has 0 radical (unpaired) electrons. The Morgan fingerprint density at radius 3 is 2.62 bits per heavy atom. The van der Waals surface area contributed by atoms with Gasteiger partial charge in [0, 0.05) is 29.5 Å². The molecule has 0 unspecified atom stereocenters. The summed E-state index contributed by atoms with van der Waals surface area (Å²) in [6, 6.07) is 6.75. The maximum absolute atomic E-state index is 14.1. The van der Waals surface area contributed by atoms with E-state index in [1.54, 1.807) is 11.1 Å². The van der Waals surface area contributed by atoms with Crippen LogP contribution < -0.4 is 19.5 Å². The number of hydrogen-bond donors (Lipinski definition) is 2. The fourth-order valence-electron chi connectivity index (χ4n) is 7.12. The number of hydrogen-bond acceptors (Lipinski definition) is 8. The second-order valence-corrected chi connectivity index (χ2v) is 15.7. The molecule has 3 amide bonds. The van der Waals surface area contributed by atoms with Crippen LogP contribution in [0.4, 0.5) is 0 Å². The van der Waals surface area contributed by atoms with Crippen molar-refractivity contribution >= 4 is 38.5 Å². The van der Waals surface area contributed by atoms with Crippen LogP contribution in [-0.2, 0) is 24.4 Å². The van der Waals surface area contributed by atoms with E-state index in [1.165, 1.54) is 0 Å². The third kappa shape index (κ3) is 7.12. The Hall–Kier alpha value is -3.67. The molecule has 47 heavy (non-hydrogen) atoms. The lowest BCUT2D eigenvalue weighted by atomic mass is 9.88. The van der Waals surface area contributed by atoms with Crippen molar-refractivity contribution < 1.29 is 32.3 Å². The van der Waals surface area contributed by atoms with Gasteiger partial charge >= 0.3 is 0 Å². The van der Waals surface area contributed by atoms with Crippen LogP contribution >= 0.6 is 0 Å². The van der Waals surface area contributed by atoms with Gasteiger partial charge in [-0.1, -0.05) is 50.6 Å². The van der Waals surface area contributed by atoms with Crippen LogP contribution in [0.2, 0.25) is 0 Å². The zero-order chi connectivity index (χ0) is 33.3. The van der Waals surface area contributed by atoms with Gasteiger partial charge in [0.1, 0.15) is 23.4 Å². The van der Waals surface area contributed by atoms with Gasteiger partial charge in [0.25, 0.3) is 5.91 Å². The van der Waals surface area contributed by atoms with Gasteiger partial charge < -0.3 is 19.7 Å². The lowest BCUT2D eigenvalue weighted by molar-refractivity contribution is -0.140. The minimum Gasteiger partial charge on any atom is -0.492 e. The number of rotatable bonds is 8. The molecule has 3 heterocycles. The molecule has 2 aromatic rings. The van der Waals surface area contributed by atoms with Crippen molar-refractivity contribution in [2.24, 2.45) is 17.8 Å². The molecule has 4 aliphatic rings. The number of ether oxygens (including phenoxy) is 2. The monoisotopic (exact) mass is 666 g/mol. The Kier molecular flexibility index (Phi) is 9.51. The third-order valence-corrected chi connectivity index (χ3v) is 11.9. The lowest BCUT2D eigenvalue weighted by Gasteiger charge is -2.28. The summed E-state index contributed by atoms with van der Waals surface area (Å²) in [5, 5.41) is 3.97. The van der Waals surface area contributed by atoms with Crippen molar-refractivity contribution in [1.82, 2.24) is 19.9 Å². The molecule has 6 atom stereocenters. The third-order valence-electron chi connectivity index (χ3n) is 10.1. The predicted molar refractivity (Wildman–Crippen MR) is 177 cm³/mol. The number of nitrogens with one attached hydrogen (secondary N) is 2. The topological polar surface area (TPSA) is 144 Å².